The summed E-state index contributed by atoms with van der Waals surface area (Å²) in [6.07, 6.45) is -7.08. The number of piperidine rings is 1. The summed E-state index contributed by atoms with van der Waals surface area (Å²) in [5.74, 6) is 0. The molecular weight excluding hydrogens is 472 g/mol. The fourth-order valence-corrected chi connectivity index (χ4v) is 5.38. The van der Waals surface area contributed by atoms with Crippen molar-refractivity contribution in [2.75, 3.05) is 27.2 Å². The second-order valence-corrected chi connectivity index (χ2v) is 10.3. The minimum Gasteiger partial charge on any atom is -0.328 e. The van der Waals surface area contributed by atoms with Crippen LogP contribution in [0.5, 0.6) is 0 Å². The van der Waals surface area contributed by atoms with Crippen LogP contribution in [0.1, 0.15) is 41.5 Å². The van der Waals surface area contributed by atoms with Crippen molar-refractivity contribution in [3.05, 3.63) is 52.6 Å². The molecule has 1 aliphatic heterocycles. The van der Waals surface area contributed by atoms with Gasteiger partial charge < -0.3 is 4.48 Å². The first-order valence-corrected chi connectivity index (χ1v) is 11.7. The fraction of sp³-hybridized carbons (Fsp3) is 0.455. The third-order valence-corrected chi connectivity index (χ3v) is 6.90. The average molecular weight is 496 g/mol. The highest BCUT2D eigenvalue weighted by molar-refractivity contribution is 7.86. The zero-order valence-electron chi connectivity index (χ0n) is 18.0. The number of nitrogens with zero attached hydrogens (tertiary/aromatic N) is 1. The van der Waals surface area contributed by atoms with E-state index in [1.165, 1.54) is 61.1 Å². The van der Waals surface area contributed by atoms with Gasteiger partial charge in [-0.15, -0.1) is 0 Å². The number of quaternary nitrogens is 1. The van der Waals surface area contributed by atoms with Crippen molar-refractivity contribution in [2.24, 2.45) is 0 Å². The number of alkyl halides is 6. The number of hydrogen-bond acceptors (Lipinski definition) is 2. The molecule has 0 radical (unpaired) electrons. The molecule has 2 aromatic rings. The Balaban J connectivity index is 0.000000323. The van der Waals surface area contributed by atoms with Crippen molar-refractivity contribution in [2.45, 2.75) is 42.9 Å². The second-order valence-electron chi connectivity index (χ2n) is 8.90. The van der Waals surface area contributed by atoms with Crippen molar-refractivity contribution in [3.63, 3.8) is 0 Å². The topological polar surface area (TPSA) is 54.4 Å². The predicted molar refractivity (Wildman–Crippen MR) is 110 cm³/mol. The van der Waals surface area contributed by atoms with Crippen molar-refractivity contribution < 1.29 is 43.8 Å². The van der Waals surface area contributed by atoms with Gasteiger partial charge in [0.15, 0.2) is 0 Å². The third-order valence-electron chi connectivity index (χ3n) is 5.93. The molecule has 0 bridgehead atoms. The highest BCUT2D eigenvalue weighted by Gasteiger charge is 2.49. The van der Waals surface area contributed by atoms with Gasteiger partial charge in [-0.1, -0.05) is 24.3 Å². The Hall–Kier alpha value is -2.11. The van der Waals surface area contributed by atoms with Crippen LogP contribution in [0.3, 0.4) is 0 Å². The van der Waals surface area contributed by atoms with Gasteiger partial charge in [-0.05, 0) is 47.6 Å². The molecule has 4 rings (SSSR count). The summed E-state index contributed by atoms with van der Waals surface area (Å²) >= 11 is 0. The highest BCUT2D eigenvalue weighted by Crippen LogP contribution is 2.50. The number of likely N-dealkylation sites (tertiary alicyclic amines) is 1. The van der Waals surface area contributed by atoms with E-state index in [-0.39, 0.29) is 17.5 Å². The predicted octanol–water partition coefficient (Wildman–Crippen LogP) is 5.79. The van der Waals surface area contributed by atoms with E-state index in [0.29, 0.717) is 11.6 Å². The first kappa shape index (κ1) is 25.5. The van der Waals surface area contributed by atoms with Crippen molar-refractivity contribution in [1.29, 1.82) is 0 Å². The average Bonchev–Trinajstić information content (AvgIpc) is 3.03. The first-order valence-electron chi connectivity index (χ1n) is 10.2. The third kappa shape index (κ3) is 5.52. The van der Waals surface area contributed by atoms with Gasteiger partial charge in [0.2, 0.25) is 0 Å². The Morgan fingerprint density at radius 3 is 1.91 bits per heavy atom. The maximum atomic E-state index is 13.3. The van der Waals surface area contributed by atoms with E-state index in [2.05, 4.69) is 14.1 Å². The van der Waals surface area contributed by atoms with Gasteiger partial charge in [0.05, 0.1) is 38.3 Å². The molecule has 2 aliphatic rings. The molecular formula is C22H24F6NO3S+. The summed E-state index contributed by atoms with van der Waals surface area (Å²) in [5.41, 5.74) is -4.76. The molecule has 4 nitrogen and oxygen atoms in total. The summed E-state index contributed by atoms with van der Waals surface area (Å²) in [6, 6.07) is 6.11. The first-order chi connectivity index (χ1) is 15.0. The molecule has 1 saturated heterocycles. The lowest BCUT2D eigenvalue weighted by Gasteiger charge is -2.33. The molecule has 182 valence electrons. The van der Waals surface area contributed by atoms with E-state index in [4.69, 9.17) is 0 Å². The lowest BCUT2D eigenvalue weighted by atomic mass is 9.97. The Bertz CT molecular complexity index is 1150. The molecule has 0 spiro atoms. The largest absolute Gasteiger partial charge is 0.418 e. The van der Waals surface area contributed by atoms with E-state index in [1.54, 1.807) is 0 Å². The van der Waals surface area contributed by atoms with Gasteiger partial charge >= 0.3 is 12.4 Å². The van der Waals surface area contributed by atoms with E-state index in [0.717, 1.165) is 0 Å². The quantitative estimate of drug-likeness (QED) is 0.264. The van der Waals surface area contributed by atoms with Crippen LogP contribution in [0, 0.1) is 0 Å². The Kier molecular flexibility index (Phi) is 6.64. The normalized spacial score (nSPS) is 17.6. The van der Waals surface area contributed by atoms with Crippen molar-refractivity contribution in [1.82, 2.24) is 0 Å². The molecule has 1 fully saturated rings. The molecule has 0 unspecified atom stereocenters. The standard InChI is InChI=1S/C15H8F6O3S.C7H16N/c16-14(17,18)11-6-9-8-4-2-1-3-7(8)5-10(9)13(25(22,23)24)12(11)15(19,20)21;1-8(2)6-4-3-5-7-8/h1-4,6H,5H2,(H,22,23,24);3-7H2,1-2H3/q;+1. The fourth-order valence-electron chi connectivity index (χ4n) is 4.40. The highest BCUT2D eigenvalue weighted by atomic mass is 32.2. The van der Waals surface area contributed by atoms with Crippen LogP contribution in [-0.4, -0.2) is 44.6 Å². The molecule has 0 atom stereocenters. The maximum absolute atomic E-state index is 13.3. The van der Waals surface area contributed by atoms with E-state index < -0.39 is 44.1 Å². The van der Waals surface area contributed by atoms with Gasteiger partial charge in [-0.25, -0.2) is 0 Å². The number of fused-ring (bicyclic) bond motifs is 3. The second kappa shape index (κ2) is 8.59. The zero-order valence-corrected chi connectivity index (χ0v) is 18.8. The smallest absolute Gasteiger partial charge is 0.328 e. The molecule has 0 aromatic heterocycles. The zero-order chi connectivity index (χ0) is 24.8. The monoisotopic (exact) mass is 496 g/mol. The van der Waals surface area contributed by atoms with Gasteiger partial charge in [0.25, 0.3) is 10.1 Å². The molecule has 0 amide bonds. The number of rotatable bonds is 1. The van der Waals surface area contributed by atoms with Crippen molar-refractivity contribution >= 4 is 10.1 Å². The van der Waals surface area contributed by atoms with Crippen LogP contribution in [0.15, 0.2) is 35.2 Å². The summed E-state index contributed by atoms with van der Waals surface area (Å²) in [4.78, 5) is -1.74. The maximum Gasteiger partial charge on any atom is 0.418 e. The van der Waals surface area contributed by atoms with Gasteiger partial charge in [-0.2, -0.15) is 34.8 Å². The molecule has 11 heteroatoms. The Morgan fingerprint density at radius 1 is 0.879 bits per heavy atom. The van der Waals surface area contributed by atoms with Crippen LogP contribution < -0.4 is 0 Å². The summed E-state index contributed by atoms with van der Waals surface area (Å²) < 4.78 is 113. The van der Waals surface area contributed by atoms with Crippen LogP contribution in [0.25, 0.3) is 11.1 Å². The molecule has 2 aromatic carbocycles. The minimum atomic E-state index is -5.63. The van der Waals surface area contributed by atoms with Gasteiger partial charge in [-0.3, -0.25) is 4.55 Å². The SMILES string of the molecule is C[N+]1(C)CCCCC1.O=S(=O)(O)c1c2c(cc(C(F)(F)F)c1C(F)(F)F)-c1ccccc1C2. The van der Waals surface area contributed by atoms with Crippen LogP contribution >= 0.6 is 0 Å². The molecule has 33 heavy (non-hydrogen) atoms. The van der Waals surface area contributed by atoms with E-state index in [9.17, 15) is 39.3 Å². The van der Waals surface area contributed by atoms with E-state index in [1.807, 2.05) is 0 Å². The van der Waals surface area contributed by atoms with Crippen LogP contribution in [-0.2, 0) is 28.9 Å². The van der Waals surface area contributed by atoms with Crippen LogP contribution in [0.4, 0.5) is 26.3 Å². The summed E-state index contributed by atoms with van der Waals surface area (Å²) in [7, 11) is -0.925. The Morgan fingerprint density at radius 2 is 1.45 bits per heavy atom. The number of hydrogen-bond donors (Lipinski definition) is 1. The molecule has 1 heterocycles. The summed E-state index contributed by atoms with van der Waals surface area (Å²) in [6.45, 7) is 2.78. The molecule has 1 aliphatic carbocycles. The molecule has 0 saturated carbocycles. The Labute approximate surface area is 188 Å². The lowest BCUT2D eigenvalue weighted by Crippen LogP contribution is -2.43. The van der Waals surface area contributed by atoms with E-state index >= 15 is 0 Å². The van der Waals surface area contributed by atoms with Gasteiger partial charge in [0.1, 0.15) is 4.90 Å². The summed E-state index contributed by atoms with van der Waals surface area (Å²) in [5, 5.41) is 0. The minimum absolute atomic E-state index is 0.196. The van der Waals surface area contributed by atoms with Crippen molar-refractivity contribution in [3.8, 4) is 11.1 Å². The number of halogens is 6. The number of benzene rings is 2. The molecule has 1 N–H and O–H groups in total. The van der Waals surface area contributed by atoms with Crippen LogP contribution in [0.2, 0.25) is 0 Å². The lowest BCUT2D eigenvalue weighted by molar-refractivity contribution is -0.894. The van der Waals surface area contributed by atoms with Gasteiger partial charge in [0, 0.05) is 6.42 Å².